The molecule has 9 nitrogen and oxygen atoms in total. The standard InChI is InChI=1S/C26H21N3O6/c30-25(22-16-20(29(32)33)8-9-23(22)28-10-12-34-13-11-28)27-19-6-3-5-17(14-19)21-15-18-4-1-2-7-24(18)35-26(21)31/h1-9,14-16H,10-13H2,(H,27,30). The predicted octanol–water partition coefficient (Wildman–Crippen LogP) is 4.46. The minimum Gasteiger partial charge on any atom is -0.422 e. The monoisotopic (exact) mass is 471 g/mol. The maximum Gasteiger partial charge on any atom is 0.344 e. The number of benzene rings is 3. The third-order valence-electron chi connectivity index (χ3n) is 5.86. The van der Waals surface area contributed by atoms with Gasteiger partial charge in [-0.1, -0.05) is 30.3 Å². The molecule has 0 unspecified atom stereocenters. The molecule has 3 aromatic carbocycles. The highest BCUT2D eigenvalue weighted by molar-refractivity contribution is 6.09. The van der Waals surface area contributed by atoms with Crippen LogP contribution in [0, 0.1) is 10.1 Å². The SMILES string of the molecule is O=C(Nc1cccc(-c2cc3ccccc3oc2=O)c1)c1cc([N+](=O)[O-])ccc1N1CCOCC1. The molecule has 9 heteroatoms. The molecule has 1 amide bonds. The number of nitro groups is 1. The molecule has 0 radical (unpaired) electrons. The van der Waals surface area contributed by atoms with Gasteiger partial charge in [0, 0.05) is 36.3 Å². The lowest BCUT2D eigenvalue weighted by atomic mass is 10.0. The molecule has 0 aliphatic carbocycles. The van der Waals surface area contributed by atoms with Crippen LogP contribution in [-0.4, -0.2) is 37.1 Å². The Balaban J connectivity index is 1.48. The van der Waals surface area contributed by atoms with Gasteiger partial charge in [-0.25, -0.2) is 4.79 Å². The van der Waals surface area contributed by atoms with Crippen molar-refractivity contribution in [3.63, 3.8) is 0 Å². The van der Waals surface area contributed by atoms with E-state index in [1.165, 1.54) is 12.1 Å². The first-order chi connectivity index (χ1) is 17.0. The van der Waals surface area contributed by atoms with Crippen LogP contribution >= 0.6 is 0 Å². The van der Waals surface area contributed by atoms with Gasteiger partial charge in [-0.2, -0.15) is 0 Å². The molecule has 5 rings (SSSR count). The molecule has 35 heavy (non-hydrogen) atoms. The molecule has 2 heterocycles. The lowest BCUT2D eigenvalue weighted by Crippen LogP contribution is -2.37. The molecule has 1 aromatic heterocycles. The topological polar surface area (TPSA) is 115 Å². The smallest absolute Gasteiger partial charge is 0.344 e. The van der Waals surface area contributed by atoms with Crippen LogP contribution in [0.1, 0.15) is 10.4 Å². The Labute approximate surface area is 199 Å². The Bertz CT molecular complexity index is 1490. The van der Waals surface area contributed by atoms with Gasteiger partial charge in [0.1, 0.15) is 5.58 Å². The zero-order chi connectivity index (χ0) is 24.4. The summed E-state index contributed by atoms with van der Waals surface area (Å²) in [5.41, 5.74) is 2.01. The average Bonchev–Trinajstić information content (AvgIpc) is 2.88. The van der Waals surface area contributed by atoms with Crippen molar-refractivity contribution in [3.05, 3.63) is 98.9 Å². The normalized spacial score (nSPS) is 13.5. The van der Waals surface area contributed by atoms with E-state index in [0.717, 1.165) is 5.39 Å². The Kier molecular flexibility index (Phi) is 5.99. The van der Waals surface area contributed by atoms with Crippen molar-refractivity contribution in [2.75, 3.05) is 36.5 Å². The molecule has 1 aliphatic rings. The summed E-state index contributed by atoms with van der Waals surface area (Å²) in [7, 11) is 0. The van der Waals surface area contributed by atoms with E-state index in [4.69, 9.17) is 9.15 Å². The van der Waals surface area contributed by atoms with E-state index in [-0.39, 0.29) is 11.3 Å². The van der Waals surface area contributed by atoms with E-state index in [0.29, 0.717) is 54.4 Å². The number of anilines is 2. The van der Waals surface area contributed by atoms with Gasteiger partial charge >= 0.3 is 5.63 Å². The number of hydrogen-bond acceptors (Lipinski definition) is 7. The number of carbonyl (C=O) groups excluding carboxylic acids is 1. The van der Waals surface area contributed by atoms with Crippen LogP contribution in [0.5, 0.6) is 0 Å². The van der Waals surface area contributed by atoms with E-state index in [2.05, 4.69) is 5.32 Å². The van der Waals surface area contributed by atoms with E-state index in [1.807, 2.05) is 17.0 Å². The van der Waals surface area contributed by atoms with Crippen molar-refractivity contribution in [3.8, 4) is 11.1 Å². The lowest BCUT2D eigenvalue weighted by Gasteiger charge is -2.30. The number of nitro benzene ring substituents is 1. The highest BCUT2D eigenvalue weighted by Gasteiger charge is 2.22. The van der Waals surface area contributed by atoms with Gasteiger partial charge < -0.3 is 19.4 Å². The number of carbonyl (C=O) groups is 1. The van der Waals surface area contributed by atoms with E-state index in [9.17, 15) is 19.7 Å². The van der Waals surface area contributed by atoms with Crippen molar-refractivity contribution >= 4 is 33.9 Å². The quantitative estimate of drug-likeness (QED) is 0.260. The molecule has 0 atom stereocenters. The van der Waals surface area contributed by atoms with Crippen LogP contribution in [0.2, 0.25) is 0 Å². The third kappa shape index (κ3) is 4.62. The number of nitrogens with zero attached hydrogens (tertiary/aromatic N) is 2. The second kappa shape index (κ2) is 9.40. The Morgan fingerprint density at radius 1 is 0.971 bits per heavy atom. The fraction of sp³-hybridized carbons (Fsp3) is 0.154. The maximum atomic E-state index is 13.3. The lowest BCUT2D eigenvalue weighted by molar-refractivity contribution is -0.384. The van der Waals surface area contributed by atoms with Gasteiger partial charge in [0.15, 0.2) is 0 Å². The van der Waals surface area contributed by atoms with Crippen LogP contribution < -0.4 is 15.8 Å². The molecular formula is C26H21N3O6. The van der Waals surface area contributed by atoms with Crippen LogP contribution in [0.4, 0.5) is 17.1 Å². The number of amides is 1. The van der Waals surface area contributed by atoms with Gasteiger partial charge in [0.05, 0.1) is 35.0 Å². The first kappa shape index (κ1) is 22.3. The number of rotatable bonds is 5. The highest BCUT2D eigenvalue weighted by atomic mass is 16.6. The molecular weight excluding hydrogens is 450 g/mol. The number of hydrogen-bond donors (Lipinski definition) is 1. The highest BCUT2D eigenvalue weighted by Crippen LogP contribution is 2.28. The Morgan fingerprint density at radius 3 is 2.57 bits per heavy atom. The zero-order valence-electron chi connectivity index (χ0n) is 18.6. The summed E-state index contributed by atoms with van der Waals surface area (Å²) in [4.78, 5) is 38.6. The van der Waals surface area contributed by atoms with Crippen LogP contribution in [0.15, 0.2) is 82.0 Å². The molecule has 1 N–H and O–H groups in total. The zero-order valence-corrected chi connectivity index (χ0v) is 18.6. The Morgan fingerprint density at radius 2 is 1.77 bits per heavy atom. The van der Waals surface area contributed by atoms with Crippen molar-refractivity contribution in [2.45, 2.75) is 0 Å². The first-order valence-corrected chi connectivity index (χ1v) is 11.1. The summed E-state index contributed by atoms with van der Waals surface area (Å²) >= 11 is 0. The van der Waals surface area contributed by atoms with Crippen LogP contribution in [0.3, 0.4) is 0 Å². The molecule has 1 aliphatic heterocycles. The minimum absolute atomic E-state index is 0.172. The predicted molar refractivity (Wildman–Crippen MR) is 132 cm³/mol. The van der Waals surface area contributed by atoms with E-state index >= 15 is 0 Å². The fourth-order valence-corrected chi connectivity index (χ4v) is 4.13. The number of ether oxygens (including phenoxy) is 1. The van der Waals surface area contributed by atoms with E-state index < -0.39 is 16.5 Å². The van der Waals surface area contributed by atoms with Crippen molar-refractivity contribution in [1.29, 1.82) is 0 Å². The van der Waals surface area contributed by atoms with Gasteiger partial charge in [-0.3, -0.25) is 14.9 Å². The number of morpholine rings is 1. The molecule has 176 valence electrons. The third-order valence-corrected chi connectivity index (χ3v) is 5.86. The second-order valence-corrected chi connectivity index (χ2v) is 8.08. The number of nitrogens with one attached hydrogen (secondary N) is 1. The molecule has 4 aromatic rings. The summed E-state index contributed by atoms with van der Waals surface area (Å²) in [5.74, 6) is -0.488. The summed E-state index contributed by atoms with van der Waals surface area (Å²) < 4.78 is 10.8. The largest absolute Gasteiger partial charge is 0.422 e. The Hall–Kier alpha value is -4.50. The first-order valence-electron chi connectivity index (χ1n) is 11.1. The number of non-ortho nitro benzene ring substituents is 1. The second-order valence-electron chi connectivity index (χ2n) is 8.08. The number of para-hydroxylation sites is 1. The van der Waals surface area contributed by atoms with E-state index in [1.54, 1.807) is 48.5 Å². The van der Waals surface area contributed by atoms with Crippen molar-refractivity contribution in [1.82, 2.24) is 0 Å². The molecule has 1 saturated heterocycles. The maximum absolute atomic E-state index is 13.3. The number of fused-ring (bicyclic) bond motifs is 1. The summed E-state index contributed by atoms with van der Waals surface area (Å²) in [6.45, 7) is 2.17. The van der Waals surface area contributed by atoms with Crippen molar-refractivity contribution in [2.24, 2.45) is 0 Å². The van der Waals surface area contributed by atoms with Crippen molar-refractivity contribution < 1.29 is 18.9 Å². The fourth-order valence-electron chi connectivity index (χ4n) is 4.13. The average molecular weight is 471 g/mol. The molecule has 0 spiro atoms. The summed E-state index contributed by atoms with van der Waals surface area (Å²) in [6, 6.07) is 20.1. The van der Waals surface area contributed by atoms with Gasteiger partial charge in [0.25, 0.3) is 11.6 Å². The van der Waals surface area contributed by atoms with Gasteiger partial charge in [-0.15, -0.1) is 0 Å². The van der Waals surface area contributed by atoms with Crippen LogP contribution in [-0.2, 0) is 4.74 Å². The minimum atomic E-state index is -0.528. The summed E-state index contributed by atoms with van der Waals surface area (Å²) in [5, 5.41) is 14.9. The van der Waals surface area contributed by atoms with Gasteiger partial charge in [-0.05, 0) is 35.9 Å². The summed E-state index contributed by atoms with van der Waals surface area (Å²) in [6.07, 6.45) is 0. The van der Waals surface area contributed by atoms with Gasteiger partial charge in [0.2, 0.25) is 0 Å². The molecule has 0 saturated carbocycles. The molecule has 0 bridgehead atoms. The molecule has 1 fully saturated rings. The van der Waals surface area contributed by atoms with Crippen LogP contribution in [0.25, 0.3) is 22.1 Å².